The number of benzene rings is 1. The molecule has 5 nitrogen and oxygen atoms in total. The van der Waals surface area contributed by atoms with E-state index >= 15 is 0 Å². The van der Waals surface area contributed by atoms with Gasteiger partial charge >= 0.3 is 0 Å². The number of hydrogen-bond acceptors (Lipinski definition) is 4. The van der Waals surface area contributed by atoms with Gasteiger partial charge in [-0.1, -0.05) is 0 Å². The number of aromatic nitrogens is 2. The molecule has 0 saturated heterocycles. The molecule has 3 aromatic rings. The Labute approximate surface area is 134 Å². The first-order valence-electron chi connectivity index (χ1n) is 7.25. The molecule has 116 valence electrons. The number of fused-ring (bicyclic) bond motifs is 1. The van der Waals surface area contributed by atoms with Gasteiger partial charge in [0.15, 0.2) is 11.5 Å². The summed E-state index contributed by atoms with van der Waals surface area (Å²) in [4.78, 5) is 4.71. The minimum absolute atomic E-state index is 0.286. The second kappa shape index (κ2) is 6.01. The summed E-state index contributed by atoms with van der Waals surface area (Å²) in [5.74, 6) is 1.30. The first kappa shape index (κ1) is 14.9. The molecule has 0 fully saturated rings. The summed E-state index contributed by atoms with van der Waals surface area (Å²) in [7, 11) is 3.21. The van der Waals surface area contributed by atoms with Gasteiger partial charge in [0.25, 0.3) is 0 Å². The highest BCUT2D eigenvalue weighted by molar-refractivity contribution is 5.70. The van der Waals surface area contributed by atoms with Crippen LogP contribution in [0.5, 0.6) is 11.5 Å². The third-order valence-corrected chi connectivity index (χ3v) is 3.78. The quantitative estimate of drug-likeness (QED) is 0.741. The van der Waals surface area contributed by atoms with E-state index in [2.05, 4.69) is 6.07 Å². The van der Waals surface area contributed by atoms with Crippen LogP contribution < -0.4 is 9.47 Å². The second-order valence-electron chi connectivity index (χ2n) is 5.24. The lowest BCUT2D eigenvalue weighted by atomic mass is 10.1. The zero-order valence-corrected chi connectivity index (χ0v) is 13.3. The molecule has 3 rings (SSSR count). The Hall–Kier alpha value is -3.00. The highest BCUT2D eigenvalue weighted by Gasteiger charge is 2.16. The predicted octanol–water partition coefficient (Wildman–Crippen LogP) is 3.39. The molecule has 0 N–H and O–H groups in total. The van der Waals surface area contributed by atoms with Crippen molar-refractivity contribution in [2.75, 3.05) is 14.2 Å². The Bertz CT molecular complexity index is 907. The molecule has 2 heterocycles. The van der Waals surface area contributed by atoms with Gasteiger partial charge in [0.2, 0.25) is 0 Å². The highest BCUT2D eigenvalue weighted by atomic mass is 16.5. The lowest BCUT2D eigenvalue weighted by Crippen LogP contribution is -1.95. The summed E-state index contributed by atoms with van der Waals surface area (Å²) in [5.41, 5.74) is 4.52. The van der Waals surface area contributed by atoms with Crippen molar-refractivity contribution >= 4 is 5.65 Å². The fourth-order valence-corrected chi connectivity index (χ4v) is 2.66. The zero-order chi connectivity index (χ0) is 16.4. The van der Waals surface area contributed by atoms with E-state index in [-0.39, 0.29) is 6.42 Å². The summed E-state index contributed by atoms with van der Waals surface area (Å²) in [5, 5.41) is 9.17. The molecule has 0 bridgehead atoms. The van der Waals surface area contributed by atoms with E-state index in [0.29, 0.717) is 11.5 Å². The van der Waals surface area contributed by atoms with Crippen LogP contribution in [0.2, 0.25) is 0 Å². The SMILES string of the molecule is COc1ccc(-c2nc3cc(C)ccn3c2CC#N)cc1OC. The third-order valence-electron chi connectivity index (χ3n) is 3.78. The number of ether oxygens (including phenoxy) is 2. The van der Waals surface area contributed by atoms with Crippen molar-refractivity contribution in [3.8, 4) is 28.8 Å². The van der Waals surface area contributed by atoms with Gasteiger partial charge in [-0.15, -0.1) is 0 Å². The summed E-state index contributed by atoms with van der Waals surface area (Å²) >= 11 is 0. The Morgan fingerprint density at radius 2 is 1.91 bits per heavy atom. The lowest BCUT2D eigenvalue weighted by molar-refractivity contribution is 0.355. The van der Waals surface area contributed by atoms with E-state index in [1.54, 1.807) is 14.2 Å². The van der Waals surface area contributed by atoms with Gasteiger partial charge < -0.3 is 13.9 Å². The van der Waals surface area contributed by atoms with E-state index in [1.807, 2.05) is 47.9 Å². The average molecular weight is 307 g/mol. The summed E-state index contributed by atoms with van der Waals surface area (Å²) < 4.78 is 12.6. The van der Waals surface area contributed by atoms with E-state index in [4.69, 9.17) is 14.5 Å². The van der Waals surface area contributed by atoms with Gasteiger partial charge in [-0.2, -0.15) is 5.26 Å². The highest BCUT2D eigenvalue weighted by Crippen LogP contribution is 2.33. The number of rotatable bonds is 4. The van der Waals surface area contributed by atoms with E-state index in [9.17, 15) is 5.26 Å². The van der Waals surface area contributed by atoms with Crippen LogP contribution in [-0.4, -0.2) is 23.6 Å². The number of hydrogen-bond donors (Lipinski definition) is 0. The normalized spacial score (nSPS) is 10.5. The van der Waals surface area contributed by atoms with Crippen LogP contribution in [0, 0.1) is 18.3 Å². The topological polar surface area (TPSA) is 59.5 Å². The van der Waals surface area contributed by atoms with Gasteiger partial charge in [0.05, 0.1) is 38.1 Å². The van der Waals surface area contributed by atoms with E-state index < -0.39 is 0 Å². The zero-order valence-electron chi connectivity index (χ0n) is 13.3. The van der Waals surface area contributed by atoms with Gasteiger partial charge in [-0.05, 0) is 42.8 Å². The maximum absolute atomic E-state index is 9.17. The first-order chi connectivity index (χ1) is 11.2. The Balaban J connectivity index is 2.23. The average Bonchev–Trinajstić information content (AvgIpc) is 2.92. The van der Waals surface area contributed by atoms with Crippen molar-refractivity contribution in [3.63, 3.8) is 0 Å². The van der Waals surface area contributed by atoms with E-state index in [1.165, 1.54) is 0 Å². The number of nitriles is 1. The van der Waals surface area contributed by atoms with Gasteiger partial charge in [-0.25, -0.2) is 4.98 Å². The smallest absolute Gasteiger partial charge is 0.161 e. The maximum atomic E-state index is 9.17. The molecule has 0 unspecified atom stereocenters. The van der Waals surface area contributed by atoms with Crippen LogP contribution >= 0.6 is 0 Å². The number of nitrogens with zero attached hydrogens (tertiary/aromatic N) is 3. The van der Waals surface area contributed by atoms with Crippen molar-refractivity contribution in [1.82, 2.24) is 9.38 Å². The molecule has 0 saturated carbocycles. The van der Waals surface area contributed by atoms with Crippen LogP contribution in [0.3, 0.4) is 0 Å². The molecule has 1 aromatic carbocycles. The second-order valence-corrected chi connectivity index (χ2v) is 5.24. The molecular weight excluding hydrogens is 290 g/mol. The number of methoxy groups -OCH3 is 2. The van der Waals surface area contributed by atoms with Crippen molar-refractivity contribution in [2.24, 2.45) is 0 Å². The fraction of sp³-hybridized carbons (Fsp3) is 0.222. The Morgan fingerprint density at radius 1 is 1.13 bits per heavy atom. The summed E-state index contributed by atoms with van der Waals surface area (Å²) in [6, 6.07) is 11.9. The maximum Gasteiger partial charge on any atom is 0.161 e. The largest absolute Gasteiger partial charge is 0.493 e. The van der Waals surface area contributed by atoms with Crippen LogP contribution in [0.25, 0.3) is 16.9 Å². The van der Waals surface area contributed by atoms with Crippen molar-refractivity contribution in [3.05, 3.63) is 47.8 Å². The minimum Gasteiger partial charge on any atom is -0.493 e. The summed E-state index contributed by atoms with van der Waals surface area (Å²) in [6.07, 6.45) is 2.24. The Kier molecular flexibility index (Phi) is 3.90. The standard InChI is InChI=1S/C18H17N3O2/c1-12-7-9-21-14(6-8-19)18(20-17(21)10-12)13-4-5-15(22-2)16(11-13)23-3/h4-5,7,9-11H,6H2,1-3H3. The van der Waals surface area contributed by atoms with Crippen molar-refractivity contribution < 1.29 is 9.47 Å². The van der Waals surface area contributed by atoms with Gasteiger partial charge in [0.1, 0.15) is 5.65 Å². The van der Waals surface area contributed by atoms with Crippen LogP contribution in [0.1, 0.15) is 11.3 Å². The van der Waals surface area contributed by atoms with Crippen LogP contribution in [0.4, 0.5) is 0 Å². The Morgan fingerprint density at radius 3 is 2.61 bits per heavy atom. The molecule has 0 aliphatic heterocycles. The molecule has 0 amide bonds. The van der Waals surface area contributed by atoms with Crippen molar-refractivity contribution in [2.45, 2.75) is 13.3 Å². The lowest BCUT2D eigenvalue weighted by Gasteiger charge is -2.09. The molecule has 0 radical (unpaired) electrons. The van der Waals surface area contributed by atoms with Gasteiger partial charge in [0, 0.05) is 11.8 Å². The molecule has 5 heteroatoms. The van der Waals surface area contributed by atoms with Crippen LogP contribution in [-0.2, 0) is 6.42 Å². The molecule has 0 aliphatic carbocycles. The first-order valence-corrected chi connectivity index (χ1v) is 7.25. The van der Waals surface area contributed by atoms with Crippen LogP contribution in [0.15, 0.2) is 36.5 Å². The number of pyridine rings is 1. The number of imidazole rings is 1. The van der Waals surface area contributed by atoms with Gasteiger partial charge in [-0.3, -0.25) is 0 Å². The fourth-order valence-electron chi connectivity index (χ4n) is 2.66. The van der Waals surface area contributed by atoms with Crippen molar-refractivity contribution in [1.29, 1.82) is 5.26 Å². The molecule has 2 aromatic heterocycles. The molecule has 0 spiro atoms. The molecule has 23 heavy (non-hydrogen) atoms. The third kappa shape index (κ3) is 2.59. The molecule has 0 aliphatic rings. The monoisotopic (exact) mass is 307 g/mol. The summed E-state index contributed by atoms with van der Waals surface area (Å²) in [6.45, 7) is 2.02. The molecular formula is C18H17N3O2. The number of aryl methyl sites for hydroxylation is 1. The minimum atomic E-state index is 0.286. The molecule has 0 atom stereocenters. The predicted molar refractivity (Wildman–Crippen MR) is 87.8 cm³/mol. The van der Waals surface area contributed by atoms with E-state index in [0.717, 1.165) is 28.2 Å².